The Kier molecular flexibility index (Phi) is 6.70. The first-order valence-electron chi connectivity index (χ1n) is 9.55. The Labute approximate surface area is 171 Å². The molecule has 0 fully saturated rings. The average Bonchev–Trinajstić information content (AvgIpc) is 2.69. The lowest BCUT2D eigenvalue weighted by molar-refractivity contribution is -0.125. The normalized spacial score (nSPS) is 15.8. The molecule has 0 bridgehead atoms. The number of amides is 2. The van der Waals surface area contributed by atoms with E-state index >= 15 is 0 Å². The SMILES string of the molecule is Cc1c(Cl)cccc1NC(=O)CNC(=O)CN(C)[C@H]1CCCc2ccccc21. The van der Waals surface area contributed by atoms with E-state index in [1.807, 2.05) is 20.0 Å². The summed E-state index contributed by atoms with van der Waals surface area (Å²) in [6.45, 7) is 2.02. The van der Waals surface area contributed by atoms with Crippen molar-refractivity contribution in [2.45, 2.75) is 32.2 Å². The van der Waals surface area contributed by atoms with Crippen molar-refractivity contribution in [1.82, 2.24) is 10.2 Å². The van der Waals surface area contributed by atoms with Gasteiger partial charge in [-0.2, -0.15) is 0 Å². The zero-order chi connectivity index (χ0) is 20.1. The van der Waals surface area contributed by atoms with Gasteiger partial charge in [-0.05, 0) is 62.1 Å². The fraction of sp³-hybridized carbons (Fsp3) is 0.364. The summed E-state index contributed by atoms with van der Waals surface area (Å²) >= 11 is 6.07. The smallest absolute Gasteiger partial charge is 0.243 e. The minimum Gasteiger partial charge on any atom is -0.346 e. The molecule has 2 aromatic rings. The van der Waals surface area contributed by atoms with Crippen molar-refractivity contribution >= 4 is 29.1 Å². The quantitative estimate of drug-likeness (QED) is 0.778. The molecule has 0 saturated heterocycles. The molecule has 0 aromatic heterocycles. The van der Waals surface area contributed by atoms with Crippen LogP contribution in [0.25, 0.3) is 0 Å². The highest BCUT2D eigenvalue weighted by Crippen LogP contribution is 2.33. The minimum atomic E-state index is -0.274. The van der Waals surface area contributed by atoms with E-state index in [2.05, 4.69) is 33.7 Å². The molecular formula is C22H26ClN3O2. The second-order valence-corrected chi connectivity index (χ2v) is 7.67. The molecule has 0 spiro atoms. The molecule has 0 aliphatic heterocycles. The van der Waals surface area contributed by atoms with Gasteiger partial charge >= 0.3 is 0 Å². The van der Waals surface area contributed by atoms with Crippen molar-refractivity contribution in [1.29, 1.82) is 0 Å². The van der Waals surface area contributed by atoms with E-state index in [0.717, 1.165) is 24.8 Å². The number of halogens is 1. The summed E-state index contributed by atoms with van der Waals surface area (Å²) in [6.07, 6.45) is 3.25. The van der Waals surface area contributed by atoms with Crippen molar-refractivity contribution in [3.63, 3.8) is 0 Å². The zero-order valence-corrected chi connectivity index (χ0v) is 17.1. The molecule has 2 N–H and O–H groups in total. The highest BCUT2D eigenvalue weighted by Gasteiger charge is 2.24. The number of anilines is 1. The molecule has 1 aliphatic carbocycles. The van der Waals surface area contributed by atoms with Crippen LogP contribution < -0.4 is 10.6 Å². The van der Waals surface area contributed by atoms with E-state index < -0.39 is 0 Å². The predicted molar refractivity (Wildman–Crippen MR) is 113 cm³/mol. The van der Waals surface area contributed by atoms with Crippen LogP contribution in [0.15, 0.2) is 42.5 Å². The number of carbonyl (C=O) groups excluding carboxylic acids is 2. The molecule has 0 unspecified atom stereocenters. The molecule has 2 aromatic carbocycles. The van der Waals surface area contributed by atoms with Gasteiger partial charge in [-0.15, -0.1) is 0 Å². The lowest BCUT2D eigenvalue weighted by atomic mass is 9.87. The van der Waals surface area contributed by atoms with Crippen LogP contribution in [0.5, 0.6) is 0 Å². The fourth-order valence-electron chi connectivity index (χ4n) is 3.69. The Morgan fingerprint density at radius 3 is 2.75 bits per heavy atom. The summed E-state index contributed by atoms with van der Waals surface area (Å²) < 4.78 is 0. The Hall–Kier alpha value is -2.37. The Balaban J connectivity index is 1.50. The third-order valence-electron chi connectivity index (χ3n) is 5.25. The van der Waals surface area contributed by atoms with Crippen LogP contribution in [-0.2, 0) is 16.0 Å². The number of benzene rings is 2. The van der Waals surface area contributed by atoms with Crippen LogP contribution in [0.4, 0.5) is 5.69 Å². The molecule has 0 radical (unpaired) electrons. The Morgan fingerprint density at radius 1 is 1.14 bits per heavy atom. The monoisotopic (exact) mass is 399 g/mol. The van der Waals surface area contributed by atoms with Crippen molar-refractivity contribution in [2.75, 3.05) is 25.5 Å². The van der Waals surface area contributed by atoms with Gasteiger partial charge in [0.2, 0.25) is 11.8 Å². The molecule has 6 heteroatoms. The molecule has 3 rings (SSSR count). The van der Waals surface area contributed by atoms with Gasteiger partial charge in [0.25, 0.3) is 0 Å². The molecule has 5 nitrogen and oxygen atoms in total. The topological polar surface area (TPSA) is 61.4 Å². The zero-order valence-electron chi connectivity index (χ0n) is 16.3. The van der Waals surface area contributed by atoms with Crippen LogP contribution in [-0.4, -0.2) is 36.9 Å². The number of fused-ring (bicyclic) bond motifs is 1. The van der Waals surface area contributed by atoms with Gasteiger partial charge in [0.15, 0.2) is 0 Å². The van der Waals surface area contributed by atoms with Crippen LogP contribution >= 0.6 is 11.6 Å². The van der Waals surface area contributed by atoms with Gasteiger partial charge in [0, 0.05) is 16.8 Å². The van der Waals surface area contributed by atoms with Gasteiger partial charge in [0.1, 0.15) is 0 Å². The van der Waals surface area contributed by atoms with E-state index in [1.54, 1.807) is 18.2 Å². The van der Waals surface area contributed by atoms with Gasteiger partial charge in [-0.3, -0.25) is 14.5 Å². The Bertz CT molecular complexity index is 869. The van der Waals surface area contributed by atoms with Crippen molar-refractivity contribution in [2.24, 2.45) is 0 Å². The van der Waals surface area contributed by atoms with Crippen molar-refractivity contribution < 1.29 is 9.59 Å². The predicted octanol–water partition coefficient (Wildman–Crippen LogP) is 3.71. The number of nitrogens with zero attached hydrogens (tertiary/aromatic N) is 1. The van der Waals surface area contributed by atoms with E-state index in [-0.39, 0.29) is 30.9 Å². The number of likely N-dealkylation sites (N-methyl/N-ethyl adjacent to an activating group) is 1. The van der Waals surface area contributed by atoms with Crippen molar-refractivity contribution in [3.8, 4) is 0 Å². The molecule has 0 saturated carbocycles. The summed E-state index contributed by atoms with van der Waals surface area (Å²) in [5.74, 6) is -0.437. The number of nitrogens with one attached hydrogen (secondary N) is 2. The van der Waals surface area contributed by atoms with Crippen molar-refractivity contribution in [3.05, 3.63) is 64.2 Å². The molecule has 28 heavy (non-hydrogen) atoms. The maximum atomic E-state index is 12.3. The molecule has 1 aliphatic rings. The molecule has 148 valence electrons. The van der Waals surface area contributed by atoms with E-state index in [1.165, 1.54) is 11.1 Å². The van der Waals surface area contributed by atoms with Crippen LogP contribution in [0, 0.1) is 6.92 Å². The van der Waals surface area contributed by atoms with Gasteiger partial charge in [0.05, 0.1) is 13.1 Å². The van der Waals surface area contributed by atoms with Crippen LogP contribution in [0.1, 0.15) is 35.6 Å². The number of rotatable bonds is 6. The largest absolute Gasteiger partial charge is 0.346 e. The second kappa shape index (κ2) is 9.22. The minimum absolute atomic E-state index is 0.0696. The lowest BCUT2D eigenvalue weighted by Crippen LogP contribution is -2.41. The van der Waals surface area contributed by atoms with Gasteiger partial charge in [-0.1, -0.05) is 41.9 Å². The lowest BCUT2D eigenvalue weighted by Gasteiger charge is -2.32. The van der Waals surface area contributed by atoms with Crippen LogP contribution in [0.3, 0.4) is 0 Å². The molecule has 1 atom stereocenters. The van der Waals surface area contributed by atoms with Crippen LogP contribution in [0.2, 0.25) is 5.02 Å². The summed E-state index contributed by atoms with van der Waals surface area (Å²) in [5.41, 5.74) is 4.13. The molecule has 2 amide bonds. The highest BCUT2D eigenvalue weighted by atomic mass is 35.5. The number of aryl methyl sites for hydroxylation is 1. The fourth-order valence-corrected chi connectivity index (χ4v) is 3.87. The molecule has 0 heterocycles. The third kappa shape index (κ3) is 4.91. The highest BCUT2D eigenvalue weighted by molar-refractivity contribution is 6.31. The standard InChI is InChI=1S/C22H26ClN3O2/c1-15-18(23)10-6-11-19(15)25-21(27)13-24-22(28)14-26(2)20-12-5-8-16-7-3-4-9-17(16)20/h3-4,6-7,9-11,20H,5,8,12-14H2,1-2H3,(H,24,28)(H,25,27)/t20-/m0/s1. The van der Waals surface area contributed by atoms with E-state index in [4.69, 9.17) is 11.6 Å². The van der Waals surface area contributed by atoms with E-state index in [0.29, 0.717) is 10.7 Å². The maximum Gasteiger partial charge on any atom is 0.243 e. The third-order valence-corrected chi connectivity index (χ3v) is 5.66. The second-order valence-electron chi connectivity index (χ2n) is 7.26. The number of hydrogen-bond donors (Lipinski definition) is 2. The van der Waals surface area contributed by atoms with E-state index in [9.17, 15) is 9.59 Å². The first-order valence-corrected chi connectivity index (χ1v) is 9.93. The first-order chi connectivity index (χ1) is 13.5. The summed E-state index contributed by atoms with van der Waals surface area (Å²) in [6, 6.07) is 14.0. The Morgan fingerprint density at radius 2 is 1.93 bits per heavy atom. The average molecular weight is 400 g/mol. The first kappa shape index (κ1) is 20.4. The summed E-state index contributed by atoms with van der Waals surface area (Å²) in [7, 11) is 1.96. The summed E-state index contributed by atoms with van der Waals surface area (Å²) in [4.78, 5) is 26.5. The van der Waals surface area contributed by atoms with Gasteiger partial charge < -0.3 is 10.6 Å². The van der Waals surface area contributed by atoms with Gasteiger partial charge in [-0.25, -0.2) is 0 Å². The summed E-state index contributed by atoms with van der Waals surface area (Å²) in [5, 5.41) is 6.08. The maximum absolute atomic E-state index is 12.3. The number of carbonyl (C=O) groups is 2. The number of hydrogen-bond acceptors (Lipinski definition) is 3. The molecular weight excluding hydrogens is 374 g/mol.